The van der Waals surface area contributed by atoms with Gasteiger partial charge in [-0.3, -0.25) is 4.79 Å². The summed E-state index contributed by atoms with van der Waals surface area (Å²) in [6, 6.07) is 0. The molecule has 0 spiro atoms. The molecule has 0 radical (unpaired) electrons. The molecule has 1 fully saturated rings. The van der Waals surface area contributed by atoms with E-state index in [2.05, 4.69) is 9.97 Å². The fourth-order valence-electron chi connectivity index (χ4n) is 2.71. The van der Waals surface area contributed by atoms with Gasteiger partial charge in [0.05, 0.1) is 0 Å². The second kappa shape index (κ2) is 5.36. The number of thioether (sulfide) groups is 1. The monoisotopic (exact) mass is 278 g/mol. The zero-order chi connectivity index (χ0) is 13.2. The van der Waals surface area contributed by atoms with Gasteiger partial charge in [0, 0.05) is 35.9 Å². The minimum atomic E-state index is 0.0348. The van der Waals surface area contributed by atoms with E-state index < -0.39 is 0 Å². The van der Waals surface area contributed by atoms with Crippen molar-refractivity contribution in [3.8, 4) is 0 Å². The van der Waals surface area contributed by atoms with Crippen molar-refractivity contribution in [3.63, 3.8) is 0 Å². The second-order valence-electron chi connectivity index (χ2n) is 4.97. The molecule has 6 heteroatoms. The standard InChI is InChI=1S/C13H18N4OS/c14-13-15-10-4-2-1-3-9(10)11(16-13)12(18)17-5-7-19-8-6-17/h1-8H2,(H2,14,15,16). The van der Waals surface area contributed by atoms with Gasteiger partial charge >= 0.3 is 0 Å². The number of carbonyl (C=O) groups is 1. The van der Waals surface area contributed by atoms with Crippen molar-refractivity contribution in [1.82, 2.24) is 14.9 Å². The lowest BCUT2D eigenvalue weighted by molar-refractivity contribution is 0.0764. The molecule has 19 heavy (non-hydrogen) atoms. The van der Waals surface area contributed by atoms with Crippen LogP contribution in [0.25, 0.3) is 0 Å². The number of fused-ring (bicyclic) bond motifs is 1. The molecular weight excluding hydrogens is 260 g/mol. The zero-order valence-corrected chi connectivity index (χ0v) is 11.7. The summed E-state index contributed by atoms with van der Waals surface area (Å²) in [5.74, 6) is 2.28. The Hall–Kier alpha value is -1.30. The van der Waals surface area contributed by atoms with E-state index in [0.29, 0.717) is 5.69 Å². The van der Waals surface area contributed by atoms with Crippen molar-refractivity contribution < 1.29 is 4.79 Å². The molecule has 2 aliphatic rings. The number of carbonyl (C=O) groups excluding carboxylic acids is 1. The highest BCUT2D eigenvalue weighted by Gasteiger charge is 2.26. The van der Waals surface area contributed by atoms with Gasteiger partial charge in [0.15, 0.2) is 0 Å². The fourth-order valence-corrected chi connectivity index (χ4v) is 3.61. The van der Waals surface area contributed by atoms with Gasteiger partial charge in [0.25, 0.3) is 5.91 Å². The average Bonchev–Trinajstić information content (AvgIpc) is 2.46. The van der Waals surface area contributed by atoms with E-state index in [1.54, 1.807) is 0 Å². The Morgan fingerprint density at radius 1 is 1.16 bits per heavy atom. The molecule has 1 aliphatic carbocycles. The summed E-state index contributed by atoms with van der Waals surface area (Å²) in [5.41, 5.74) is 8.31. The maximum atomic E-state index is 12.6. The maximum absolute atomic E-state index is 12.6. The SMILES string of the molecule is Nc1nc2c(c(C(=O)N3CCSCC3)n1)CCCC2. The van der Waals surface area contributed by atoms with Crippen LogP contribution in [0.3, 0.4) is 0 Å². The Labute approximate surface area is 117 Å². The Kier molecular flexibility index (Phi) is 3.59. The van der Waals surface area contributed by atoms with Gasteiger partial charge in [-0.2, -0.15) is 11.8 Å². The number of nitrogen functional groups attached to an aromatic ring is 1. The average molecular weight is 278 g/mol. The van der Waals surface area contributed by atoms with Crippen LogP contribution in [-0.2, 0) is 12.8 Å². The van der Waals surface area contributed by atoms with E-state index in [1.807, 2.05) is 16.7 Å². The smallest absolute Gasteiger partial charge is 0.273 e. The molecule has 1 aromatic heterocycles. The summed E-state index contributed by atoms with van der Waals surface area (Å²) in [5, 5.41) is 0. The van der Waals surface area contributed by atoms with Crippen LogP contribution in [0.15, 0.2) is 0 Å². The molecule has 2 heterocycles. The van der Waals surface area contributed by atoms with Gasteiger partial charge in [0.1, 0.15) is 5.69 Å². The van der Waals surface area contributed by atoms with Gasteiger partial charge < -0.3 is 10.6 Å². The van der Waals surface area contributed by atoms with Gasteiger partial charge in [-0.1, -0.05) is 0 Å². The molecule has 5 nitrogen and oxygen atoms in total. The van der Waals surface area contributed by atoms with Crippen molar-refractivity contribution >= 4 is 23.6 Å². The van der Waals surface area contributed by atoms with Crippen molar-refractivity contribution in [3.05, 3.63) is 17.0 Å². The van der Waals surface area contributed by atoms with E-state index in [0.717, 1.165) is 61.5 Å². The van der Waals surface area contributed by atoms with E-state index in [4.69, 9.17) is 5.73 Å². The Morgan fingerprint density at radius 3 is 2.68 bits per heavy atom. The summed E-state index contributed by atoms with van der Waals surface area (Å²) in [6.07, 6.45) is 4.05. The predicted molar refractivity (Wildman–Crippen MR) is 76.3 cm³/mol. The highest BCUT2D eigenvalue weighted by atomic mass is 32.2. The normalized spacial score (nSPS) is 19.1. The Morgan fingerprint density at radius 2 is 1.89 bits per heavy atom. The minimum Gasteiger partial charge on any atom is -0.368 e. The molecule has 0 atom stereocenters. The van der Waals surface area contributed by atoms with Gasteiger partial charge in [-0.05, 0) is 25.7 Å². The van der Waals surface area contributed by atoms with Gasteiger partial charge in [-0.25, -0.2) is 9.97 Å². The van der Waals surface area contributed by atoms with Crippen molar-refractivity contribution in [2.75, 3.05) is 30.3 Å². The number of aryl methyl sites for hydroxylation is 1. The summed E-state index contributed by atoms with van der Waals surface area (Å²) >= 11 is 1.89. The van der Waals surface area contributed by atoms with Crippen molar-refractivity contribution in [2.45, 2.75) is 25.7 Å². The third-order valence-electron chi connectivity index (χ3n) is 3.70. The minimum absolute atomic E-state index is 0.0348. The first-order valence-corrected chi connectivity index (χ1v) is 7.93. The zero-order valence-electron chi connectivity index (χ0n) is 10.9. The maximum Gasteiger partial charge on any atom is 0.273 e. The van der Waals surface area contributed by atoms with Crippen LogP contribution in [-0.4, -0.2) is 45.4 Å². The molecule has 0 saturated carbocycles. The van der Waals surface area contributed by atoms with E-state index in [9.17, 15) is 4.79 Å². The number of amides is 1. The highest BCUT2D eigenvalue weighted by molar-refractivity contribution is 7.99. The summed E-state index contributed by atoms with van der Waals surface area (Å²) in [6.45, 7) is 1.62. The summed E-state index contributed by atoms with van der Waals surface area (Å²) in [4.78, 5) is 23.0. The van der Waals surface area contributed by atoms with Crippen LogP contribution in [0.4, 0.5) is 5.95 Å². The topological polar surface area (TPSA) is 72.1 Å². The van der Waals surface area contributed by atoms with Crippen molar-refractivity contribution in [2.24, 2.45) is 0 Å². The number of anilines is 1. The molecule has 0 bridgehead atoms. The van der Waals surface area contributed by atoms with E-state index in [1.165, 1.54) is 0 Å². The Bertz CT molecular complexity index is 500. The van der Waals surface area contributed by atoms with Crippen LogP contribution >= 0.6 is 11.8 Å². The van der Waals surface area contributed by atoms with Crippen LogP contribution in [0.2, 0.25) is 0 Å². The van der Waals surface area contributed by atoms with Crippen LogP contribution in [0, 0.1) is 0 Å². The molecular formula is C13H18N4OS. The first-order chi connectivity index (χ1) is 9.25. The molecule has 1 amide bonds. The van der Waals surface area contributed by atoms with Crippen molar-refractivity contribution in [1.29, 1.82) is 0 Å². The molecule has 2 N–H and O–H groups in total. The summed E-state index contributed by atoms with van der Waals surface area (Å²) in [7, 11) is 0. The lowest BCUT2D eigenvalue weighted by Crippen LogP contribution is -2.39. The predicted octanol–water partition coefficient (Wildman–Crippen LogP) is 1.13. The Balaban J connectivity index is 1.94. The molecule has 0 unspecified atom stereocenters. The number of nitrogens with zero attached hydrogens (tertiary/aromatic N) is 3. The first-order valence-electron chi connectivity index (χ1n) is 6.78. The molecule has 1 aromatic rings. The third kappa shape index (κ3) is 2.54. The number of rotatable bonds is 1. The molecule has 0 aromatic carbocycles. The van der Waals surface area contributed by atoms with Crippen LogP contribution in [0.5, 0.6) is 0 Å². The third-order valence-corrected chi connectivity index (χ3v) is 4.64. The summed E-state index contributed by atoms with van der Waals surface area (Å²) < 4.78 is 0. The number of aromatic nitrogens is 2. The first kappa shape index (κ1) is 12.7. The fraction of sp³-hybridized carbons (Fsp3) is 0.615. The molecule has 3 rings (SSSR count). The van der Waals surface area contributed by atoms with Gasteiger partial charge in [-0.15, -0.1) is 0 Å². The van der Waals surface area contributed by atoms with E-state index >= 15 is 0 Å². The lowest BCUT2D eigenvalue weighted by atomic mass is 9.94. The number of hydrogen-bond acceptors (Lipinski definition) is 5. The molecule has 102 valence electrons. The van der Waals surface area contributed by atoms with Gasteiger partial charge in [0.2, 0.25) is 5.95 Å². The largest absolute Gasteiger partial charge is 0.368 e. The van der Waals surface area contributed by atoms with Crippen LogP contribution < -0.4 is 5.73 Å². The van der Waals surface area contributed by atoms with Crippen LogP contribution in [0.1, 0.15) is 34.6 Å². The second-order valence-corrected chi connectivity index (χ2v) is 6.19. The molecule has 1 saturated heterocycles. The number of hydrogen-bond donors (Lipinski definition) is 1. The lowest BCUT2D eigenvalue weighted by Gasteiger charge is -2.27. The highest BCUT2D eigenvalue weighted by Crippen LogP contribution is 2.24. The number of nitrogens with two attached hydrogens (primary N) is 1. The van der Waals surface area contributed by atoms with E-state index in [-0.39, 0.29) is 11.9 Å². The quantitative estimate of drug-likeness (QED) is 0.833. The molecule has 1 aliphatic heterocycles.